The summed E-state index contributed by atoms with van der Waals surface area (Å²) in [6.07, 6.45) is 2.22. The number of hydrogen-bond acceptors (Lipinski definition) is 4. The molecule has 2 amide bonds. The van der Waals surface area contributed by atoms with Crippen molar-refractivity contribution in [3.8, 4) is 0 Å². The van der Waals surface area contributed by atoms with E-state index in [-0.39, 0.29) is 24.2 Å². The molecule has 1 heterocycles. The third-order valence-corrected chi connectivity index (χ3v) is 4.15. The summed E-state index contributed by atoms with van der Waals surface area (Å²) in [6, 6.07) is 7.78. The Balaban J connectivity index is 2.14. The molecule has 1 saturated heterocycles. The predicted molar refractivity (Wildman–Crippen MR) is 78.5 cm³/mol. The number of hydrogen-bond donors (Lipinski definition) is 0. The fraction of sp³-hybridized carbons (Fsp3) is 0.429. The van der Waals surface area contributed by atoms with E-state index in [9.17, 15) is 9.59 Å². The Morgan fingerprint density at radius 1 is 1.50 bits per heavy atom. The first kappa shape index (κ1) is 14.9. The second-order valence-corrected chi connectivity index (χ2v) is 5.50. The van der Waals surface area contributed by atoms with Gasteiger partial charge in [0.2, 0.25) is 5.91 Å². The lowest BCUT2D eigenvalue weighted by Gasteiger charge is -2.19. The van der Waals surface area contributed by atoms with Crippen molar-refractivity contribution in [3.05, 3.63) is 24.3 Å². The number of anilines is 1. The van der Waals surface area contributed by atoms with Crippen LogP contribution in [0.5, 0.6) is 0 Å². The van der Waals surface area contributed by atoms with Gasteiger partial charge in [0.05, 0.1) is 13.0 Å². The molecular weight excluding hydrogens is 276 g/mol. The monoisotopic (exact) mass is 294 g/mol. The van der Waals surface area contributed by atoms with E-state index >= 15 is 0 Å². The lowest BCUT2D eigenvalue weighted by Crippen LogP contribution is -2.34. The zero-order chi connectivity index (χ0) is 14.7. The summed E-state index contributed by atoms with van der Waals surface area (Å²) in [5.41, 5.74) is 0.845. The molecule has 0 saturated carbocycles. The van der Waals surface area contributed by atoms with Crippen molar-refractivity contribution in [3.63, 3.8) is 0 Å². The molecule has 0 radical (unpaired) electrons. The highest BCUT2D eigenvalue weighted by molar-refractivity contribution is 7.98. The first-order valence-electron chi connectivity index (χ1n) is 6.33. The van der Waals surface area contributed by atoms with Crippen LogP contribution >= 0.6 is 11.8 Å². The number of carbonyl (C=O) groups is 2. The van der Waals surface area contributed by atoms with Crippen LogP contribution in [0.15, 0.2) is 29.2 Å². The molecule has 1 aliphatic heterocycles. The Labute approximate surface area is 122 Å². The summed E-state index contributed by atoms with van der Waals surface area (Å²) in [5.74, 6) is -0.527. The Bertz CT molecular complexity index is 521. The van der Waals surface area contributed by atoms with Crippen molar-refractivity contribution in [1.29, 1.82) is 0 Å². The fourth-order valence-electron chi connectivity index (χ4n) is 2.25. The van der Waals surface area contributed by atoms with E-state index in [4.69, 9.17) is 4.84 Å². The SMILES string of the molecule is CON(C)C(=O)C1CC(=O)N(c2cccc(SC)c2)C1. The Morgan fingerprint density at radius 3 is 2.90 bits per heavy atom. The zero-order valence-electron chi connectivity index (χ0n) is 11.8. The number of nitrogens with zero attached hydrogens (tertiary/aromatic N) is 2. The van der Waals surface area contributed by atoms with Crippen molar-refractivity contribution in [2.24, 2.45) is 5.92 Å². The summed E-state index contributed by atoms with van der Waals surface area (Å²) >= 11 is 1.63. The predicted octanol–water partition coefficient (Wildman–Crippen LogP) is 1.78. The molecule has 0 aromatic heterocycles. The van der Waals surface area contributed by atoms with E-state index in [1.165, 1.54) is 12.2 Å². The average Bonchev–Trinajstić information content (AvgIpc) is 2.87. The maximum Gasteiger partial charge on any atom is 0.251 e. The highest BCUT2D eigenvalue weighted by Gasteiger charge is 2.36. The lowest BCUT2D eigenvalue weighted by molar-refractivity contribution is -0.172. The Kier molecular flexibility index (Phi) is 4.67. The van der Waals surface area contributed by atoms with Gasteiger partial charge < -0.3 is 4.90 Å². The van der Waals surface area contributed by atoms with Crippen LogP contribution in [0, 0.1) is 5.92 Å². The van der Waals surface area contributed by atoms with Crippen LogP contribution < -0.4 is 4.90 Å². The van der Waals surface area contributed by atoms with Gasteiger partial charge in [0.15, 0.2) is 0 Å². The molecular formula is C14H18N2O3S. The summed E-state index contributed by atoms with van der Waals surface area (Å²) < 4.78 is 0. The standard InChI is InChI=1S/C14H18N2O3S/c1-15(19-2)14(18)10-7-13(17)16(9-10)11-5-4-6-12(8-11)20-3/h4-6,8,10H,7,9H2,1-3H3. The quantitative estimate of drug-likeness (QED) is 0.627. The largest absolute Gasteiger partial charge is 0.312 e. The van der Waals surface area contributed by atoms with Gasteiger partial charge in [0.1, 0.15) is 0 Å². The molecule has 1 unspecified atom stereocenters. The minimum absolute atomic E-state index is 0.0221. The third-order valence-electron chi connectivity index (χ3n) is 3.42. The van der Waals surface area contributed by atoms with Gasteiger partial charge in [-0.2, -0.15) is 0 Å². The summed E-state index contributed by atoms with van der Waals surface area (Å²) in [5, 5.41) is 1.18. The molecule has 0 bridgehead atoms. The molecule has 0 spiro atoms. The molecule has 1 atom stereocenters. The fourth-order valence-corrected chi connectivity index (χ4v) is 2.70. The number of rotatable bonds is 4. The van der Waals surface area contributed by atoms with Gasteiger partial charge in [-0.15, -0.1) is 11.8 Å². The second-order valence-electron chi connectivity index (χ2n) is 4.63. The lowest BCUT2D eigenvalue weighted by atomic mass is 10.1. The van der Waals surface area contributed by atoms with Crippen molar-refractivity contribution in [2.75, 3.05) is 31.9 Å². The molecule has 1 fully saturated rings. The first-order valence-corrected chi connectivity index (χ1v) is 7.55. The van der Waals surface area contributed by atoms with Crippen molar-refractivity contribution < 1.29 is 14.4 Å². The van der Waals surface area contributed by atoms with Gasteiger partial charge in [-0.3, -0.25) is 14.4 Å². The molecule has 1 aromatic rings. The molecule has 0 aliphatic carbocycles. The second kappa shape index (κ2) is 6.28. The smallest absolute Gasteiger partial charge is 0.251 e. The van der Waals surface area contributed by atoms with Crippen LogP contribution in [-0.2, 0) is 14.4 Å². The van der Waals surface area contributed by atoms with E-state index in [1.54, 1.807) is 23.7 Å². The highest BCUT2D eigenvalue weighted by Crippen LogP contribution is 2.28. The van der Waals surface area contributed by atoms with Gasteiger partial charge in [0.25, 0.3) is 5.91 Å². The van der Waals surface area contributed by atoms with Crippen molar-refractivity contribution >= 4 is 29.3 Å². The third kappa shape index (κ3) is 2.96. The van der Waals surface area contributed by atoms with E-state index in [1.807, 2.05) is 30.5 Å². The number of carbonyl (C=O) groups excluding carboxylic acids is 2. The summed E-state index contributed by atoms with van der Waals surface area (Å²) in [4.78, 5) is 31.8. The molecule has 5 nitrogen and oxygen atoms in total. The first-order chi connectivity index (χ1) is 9.56. The Hall–Kier alpha value is -1.53. The molecule has 1 aliphatic rings. The maximum atomic E-state index is 12.1. The van der Waals surface area contributed by atoms with Crippen molar-refractivity contribution in [1.82, 2.24) is 5.06 Å². The molecule has 0 N–H and O–H groups in total. The van der Waals surface area contributed by atoms with Crippen LogP contribution in [0.3, 0.4) is 0 Å². The van der Waals surface area contributed by atoms with Crippen LogP contribution in [0.1, 0.15) is 6.42 Å². The minimum atomic E-state index is -0.342. The normalized spacial score (nSPS) is 18.4. The Morgan fingerprint density at radius 2 is 2.25 bits per heavy atom. The van der Waals surface area contributed by atoms with Crippen LogP contribution in [0.25, 0.3) is 0 Å². The number of thioether (sulfide) groups is 1. The zero-order valence-corrected chi connectivity index (χ0v) is 12.6. The van der Waals surface area contributed by atoms with Gasteiger partial charge in [-0.25, -0.2) is 5.06 Å². The van der Waals surface area contributed by atoms with Crippen molar-refractivity contribution in [2.45, 2.75) is 11.3 Å². The summed E-state index contributed by atoms with van der Waals surface area (Å²) in [6.45, 7) is 0.406. The molecule has 2 rings (SSSR count). The van der Waals surface area contributed by atoms with Gasteiger partial charge >= 0.3 is 0 Å². The summed E-state index contributed by atoms with van der Waals surface area (Å²) in [7, 11) is 3.00. The van der Waals surface area contributed by atoms with Crippen LogP contribution in [0.2, 0.25) is 0 Å². The highest BCUT2D eigenvalue weighted by atomic mass is 32.2. The minimum Gasteiger partial charge on any atom is -0.312 e. The van der Waals surface area contributed by atoms with E-state index in [0.29, 0.717) is 6.54 Å². The van der Waals surface area contributed by atoms with Gasteiger partial charge in [-0.1, -0.05) is 6.07 Å². The van der Waals surface area contributed by atoms with E-state index in [0.717, 1.165) is 10.6 Å². The molecule has 108 valence electrons. The molecule has 6 heteroatoms. The van der Waals surface area contributed by atoms with E-state index in [2.05, 4.69) is 0 Å². The topological polar surface area (TPSA) is 49.9 Å². The van der Waals surface area contributed by atoms with E-state index < -0.39 is 0 Å². The average molecular weight is 294 g/mol. The van der Waals surface area contributed by atoms with Gasteiger partial charge in [-0.05, 0) is 24.5 Å². The number of amides is 2. The number of benzene rings is 1. The van der Waals surface area contributed by atoms with Gasteiger partial charge in [0, 0.05) is 30.6 Å². The molecule has 20 heavy (non-hydrogen) atoms. The maximum absolute atomic E-state index is 12.1. The van der Waals surface area contributed by atoms with Crippen LogP contribution in [0.4, 0.5) is 5.69 Å². The molecule has 1 aromatic carbocycles. The number of hydroxylamine groups is 2. The van der Waals surface area contributed by atoms with Crippen LogP contribution in [-0.4, -0.2) is 43.8 Å².